The van der Waals surface area contributed by atoms with Crippen LogP contribution in [0.4, 0.5) is 0 Å². The molecule has 0 spiro atoms. The van der Waals surface area contributed by atoms with Gasteiger partial charge in [0.25, 0.3) is 0 Å². The van der Waals surface area contributed by atoms with Crippen LogP contribution in [0.1, 0.15) is 25.2 Å². The fourth-order valence-corrected chi connectivity index (χ4v) is 1.87. The van der Waals surface area contributed by atoms with E-state index < -0.39 is 0 Å². The van der Waals surface area contributed by atoms with Crippen molar-refractivity contribution in [2.75, 3.05) is 7.11 Å². The Hall–Kier alpha value is -2.08. The zero-order valence-electron chi connectivity index (χ0n) is 13.0. The molecule has 0 atom stereocenters. The van der Waals surface area contributed by atoms with Gasteiger partial charge in [0, 0.05) is 25.2 Å². The van der Waals surface area contributed by atoms with Crippen LogP contribution >= 0.6 is 0 Å². The van der Waals surface area contributed by atoms with E-state index in [1.54, 1.807) is 11.8 Å². The predicted molar refractivity (Wildman–Crippen MR) is 80.3 cm³/mol. The molecule has 0 saturated heterocycles. The molecule has 0 unspecified atom stereocenters. The highest BCUT2D eigenvalue weighted by Gasteiger charge is 2.08. The lowest BCUT2D eigenvalue weighted by Gasteiger charge is -2.14. The summed E-state index contributed by atoms with van der Waals surface area (Å²) in [4.78, 5) is 4.15. The molecule has 0 aliphatic heterocycles. The number of benzene rings is 1. The number of ether oxygens (including phenoxy) is 2. The first-order valence-corrected chi connectivity index (χ1v) is 6.96. The molecule has 0 amide bonds. The molecule has 1 heterocycles. The first-order valence-electron chi connectivity index (χ1n) is 6.96. The molecule has 1 aromatic heterocycles. The van der Waals surface area contributed by atoms with Gasteiger partial charge in [0.2, 0.25) is 0 Å². The van der Waals surface area contributed by atoms with Crippen LogP contribution in [0.25, 0.3) is 0 Å². The summed E-state index contributed by atoms with van der Waals surface area (Å²) in [7, 11) is 3.51. The number of hydrogen-bond donors (Lipinski definition) is 1. The molecule has 21 heavy (non-hydrogen) atoms. The number of aryl methyl sites for hydroxylation is 1. The van der Waals surface area contributed by atoms with Crippen LogP contribution in [0.15, 0.2) is 24.5 Å². The van der Waals surface area contributed by atoms with Crippen molar-refractivity contribution in [3.8, 4) is 11.5 Å². The Morgan fingerprint density at radius 3 is 2.76 bits per heavy atom. The molecule has 114 valence electrons. The van der Waals surface area contributed by atoms with Crippen molar-refractivity contribution in [3.05, 3.63) is 35.9 Å². The lowest BCUT2D eigenvalue weighted by molar-refractivity contribution is 0.285. The highest BCUT2D eigenvalue weighted by molar-refractivity contribution is 5.40. The van der Waals surface area contributed by atoms with Gasteiger partial charge in [0.15, 0.2) is 5.82 Å². The van der Waals surface area contributed by atoms with Gasteiger partial charge in [-0.15, -0.1) is 0 Å². The van der Waals surface area contributed by atoms with E-state index in [1.807, 2.05) is 25.2 Å². The number of rotatable bonds is 7. The van der Waals surface area contributed by atoms with Gasteiger partial charge < -0.3 is 14.8 Å². The molecule has 2 aromatic rings. The molecule has 0 bridgehead atoms. The van der Waals surface area contributed by atoms with Gasteiger partial charge >= 0.3 is 0 Å². The van der Waals surface area contributed by atoms with Gasteiger partial charge in [-0.1, -0.05) is 13.8 Å². The fraction of sp³-hybridized carbons (Fsp3) is 0.467. The molecule has 0 radical (unpaired) electrons. The number of hydrogen-bond acceptors (Lipinski definition) is 5. The van der Waals surface area contributed by atoms with Crippen molar-refractivity contribution in [2.24, 2.45) is 7.05 Å². The van der Waals surface area contributed by atoms with Crippen LogP contribution in [0, 0.1) is 0 Å². The minimum absolute atomic E-state index is 0.386. The Kier molecular flexibility index (Phi) is 5.16. The Bertz CT molecular complexity index is 581. The van der Waals surface area contributed by atoms with Gasteiger partial charge in [-0.2, -0.15) is 5.10 Å². The van der Waals surface area contributed by atoms with Crippen molar-refractivity contribution < 1.29 is 9.47 Å². The van der Waals surface area contributed by atoms with Gasteiger partial charge in [0.1, 0.15) is 24.4 Å². The molecule has 0 saturated carbocycles. The second kappa shape index (κ2) is 7.08. The van der Waals surface area contributed by atoms with Gasteiger partial charge in [0.05, 0.1) is 7.11 Å². The predicted octanol–water partition coefficient (Wildman–Crippen LogP) is 1.90. The number of nitrogens with one attached hydrogen (secondary N) is 1. The summed E-state index contributed by atoms with van der Waals surface area (Å²) >= 11 is 0. The number of methoxy groups -OCH3 is 1. The normalized spacial score (nSPS) is 10.9. The largest absolute Gasteiger partial charge is 0.497 e. The first kappa shape index (κ1) is 15.3. The maximum absolute atomic E-state index is 5.88. The molecule has 1 N–H and O–H groups in total. The summed E-state index contributed by atoms with van der Waals surface area (Å²) in [6.45, 7) is 5.33. The number of aromatic nitrogens is 3. The summed E-state index contributed by atoms with van der Waals surface area (Å²) in [5, 5.41) is 7.42. The van der Waals surface area contributed by atoms with E-state index in [0.29, 0.717) is 12.6 Å². The van der Waals surface area contributed by atoms with E-state index >= 15 is 0 Å². The molecule has 6 nitrogen and oxygen atoms in total. The molecule has 0 fully saturated rings. The average molecular weight is 290 g/mol. The van der Waals surface area contributed by atoms with E-state index in [2.05, 4.69) is 29.2 Å². The van der Waals surface area contributed by atoms with Crippen molar-refractivity contribution >= 4 is 0 Å². The molecule has 2 rings (SSSR count). The minimum atomic E-state index is 0.386. The molecule has 0 aliphatic rings. The fourth-order valence-electron chi connectivity index (χ4n) is 1.87. The molecule has 6 heteroatoms. The van der Waals surface area contributed by atoms with Crippen molar-refractivity contribution in [2.45, 2.75) is 33.0 Å². The zero-order valence-corrected chi connectivity index (χ0v) is 13.0. The summed E-state index contributed by atoms with van der Waals surface area (Å²) in [5.74, 6) is 2.43. The summed E-state index contributed by atoms with van der Waals surface area (Å²) in [6.07, 6.45) is 1.52. The highest BCUT2D eigenvalue weighted by Crippen LogP contribution is 2.25. The van der Waals surface area contributed by atoms with E-state index in [1.165, 1.54) is 6.33 Å². The SMILES string of the molecule is COc1ccc(OCc2ncnn2C)c(CNC(C)C)c1. The second-order valence-electron chi connectivity index (χ2n) is 5.10. The summed E-state index contributed by atoms with van der Waals surface area (Å²) in [6, 6.07) is 6.21. The lowest BCUT2D eigenvalue weighted by atomic mass is 10.1. The Balaban J connectivity index is 2.11. The highest BCUT2D eigenvalue weighted by atomic mass is 16.5. The van der Waals surface area contributed by atoms with Crippen molar-refractivity contribution in [1.29, 1.82) is 0 Å². The molecule has 0 aliphatic carbocycles. The van der Waals surface area contributed by atoms with Crippen LogP contribution in [0.2, 0.25) is 0 Å². The average Bonchev–Trinajstić information content (AvgIpc) is 2.88. The van der Waals surface area contributed by atoms with Gasteiger partial charge in [-0.05, 0) is 18.2 Å². The Labute approximate surface area is 125 Å². The maximum Gasteiger partial charge on any atom is 0.164 e. The number of nitrogens with zero attached hydrogens (tertiary/aromatic N) is 3. The Morgan fingerprint density at radius 1 is 1.33 bits per heavy atom. The van der Waals surface area contributed by atoms with E-state index in [0.717, 1.165) is 29.4 Å². The van der Waals surface area contributed by atoms with E-state index in [-0.39, 0.29) is 0 Å². The summed E-state index contributed by atoms with van der Waals surface area (Å²) in [5.41, 5.74) is 1.06. The molecular weight excluding hydrogens is 268 g/mol. The van der Waals surface area contributed by atoms with E-state index in [4.69, 9.17) is 9.47 Å². The maximum atomic E-state index is 5.88. The van der Waals surface area contributed by atoms with Crippen molar-refractivity contribution in [1.82, 2.24) is 20.1 Å². The van der Waals surface area contributed by atoms with Crippen LogP contribution in [-0.4, -0.2) is 27.9 Å². The van der Waals surface area contributed by atoms with Gasteiger partial charge in [-0.25, -0.2) is 4.98 Å². The van der Waals surface area contributed by atoms with E-state index in [9.17, 15) is 0 Å². The van der Waals surface area contributed by atoms with Gasteiger partial charge in [-0.3, -0.25) is 4.68 Å². The smallest absolute Gasteiger partial charge is 0.164 e. The van der Waals surface area contributed by atoms with Crippen LogP contribution in [0.3, 0.4) is 0 Å². The first-order chi connectivity index (χ1) is 10.1. The quantitative estimate of drug-likeness (QED) is 0.844. The van der Waals surface area contributed by atoms with Crippen LogP contribution in [0.5, 0.6) is 11.5 Å². The zero-order chi connectivity index (χ0) is 15.2. The third-order valence-corrected chi connectivity index (χ3v) is 3.13. The standard InChI is InChI=1S/C15H22N4O2/c1-11(2)16-8-12-7-13(20-4)5-6-14(12)21-9-15-17-10-18-19(15)3/h5-7,10-11,16H,8-9H2,1-4H3. The minimum Gasteiger partial charge on any atom is -0.497 e. The summed E-state index contributed by atoms with van der Waals surface area (Å²) < 4.78 is 12.9. The van der Waals surface area contributed by atoms with Crippen molar-refractivity contribution in [3.63, 3.8) is 0 Å². The molecule has 1 aromatic carbocycles. The Morgan fingerprint density at radius 2 is 2.14 bits per heavy atom. The topological polar surface area (TPSA) is 61.2 Å². The lowest BCUT2D eigenvalue weighted by Crippen LogP contribution is -2.22. The second-order valence-corrected chi connectivity index (χ2v) is 5.10. The molecular formula is C15H22N4O2. The van der Waals surface area contributed by atoms with Crippen LogP contribution < -0.4 is 14.8 Å². The third kappa shape index (κ3) is 4.19. The van der Waals surface area contributed by atoms with Crippen LogP contribution in [-0.2, 0) is 20.2 Å². The third-order valence-electron chi connectivity index (χ3n) is 3.13. The monoisotopic (exact) mass is 290 g/mol.